The maximum Gasteiger partial charge on any atom is 0.410 e. The molecule has 0 aromatic carbocycles. The third-order valence-electron chi connectivity index (χ3n) is 4.06. The summed E-state index contributed by atoms with van der Waals surface area (Å²) in [5, 5.41) is 0. The molecule has 8 nitrogen and oxygen atoms in total. The lowest BCUT2D eigenvalue weighted by Crippen LogP contribution is -2.56. The van der Waals surface area contributed by atoms with E-state index in [4.69, 9.17) is 14.2 Å². The van der Waals surface area contributed by atoms with Gasteiger partial charge in [-0.2, -0.15) is 0 Å². The topological polar surface area (TPSA) is 81.2 Å². The molecule has 0 saturated carbocycles. The predicted octanol–water partition coefficient (Wildman–Crippen LogP) is 2.19. The van der Waals surface area contributed by atoms with Crippen molar-refractivity contribution in [2.75, 3.05) is 40.0 Å². The maximum atomic E-state index is 12.9. The Morgan fingerprint density at radius 1 is 1.26 bits per heavy atom. The van der Waals surface area contributed by atoms with Gasteiger partial charge in [0, 0.05) is 50.6 Å². The number of carbonyl (C=O) groups is 2. The van der Waals surface area contributed by atoms with Gasteiger partial charge in [-0.05, 0) is 33.8 Å². The van der Waals surface area contributed by atoms with Crippen molar-refractivity contribution in [2.45, 2.75) is 39.3 Å². The van der Waals surface area contributed by atoms with Crippen molar-refractivity contribution in [3.8, 4) is 5.88 Å². The number of methoxy groups -OCH3 is 1. The van der Waals surface area contributed by atoms with Crippen molar-refractivity contribution in [3.63, 3.8) is 0 Å². The van der Waals surface area contributed by atoms with E-state index in [0.717, 1.165) is 0 Å². The van der Waals surface area contributed by atoms with Crippen molar-refractivity contribution >= 4 is 12.0 Å². The molecular weight excluding hydrogens is 350 g/mol. The summed E-state index contributed by atoms with van der Waals surface area (Å²) in [5.74, 6) is 0.281. The zero-order chi connectivity index (χ0) is 20.0. The zero-order valence-corrected chi connectivity index (χ0v) is 16.7. The Balaban J connectivity index is 1.98. The number of hydrogen-bond acceptors (Lipinski definition) is 6. The van der Waals surface area contributed by atoms with Crippen molar-refractivity contribution in [1.82, 2.24) is 14.8 Å². The minimum Gasteiger partial charge on any atom is -0.475 e. The summed E-state index contributed by atoms with van der Waals surface area (Å²) in [6.45, 7) is 9.57. The van der Waals surface area contributed by atoms with Crippen LogP contribution in [-0.4, -0.2) is 78.4 Å². The van der Waals surface area contributed by atoms with E-state index in [9.17, 15) is 9.59 Å². The number of piperazine rings is 1. The first-order chi connectivity index (χ1) is 12.7. The van der Waals surface area contributed by atoms with Crippen molar-refractivity contribution in [3.05, 3.63) is 23.9 Å². The summed E-state index contributed by atoms with van der Waals surface area (Å²) in [6, 6.07) is 3.17. The van der Waals surface area contributed by atoms with E-state index in [1.54, 1.807) is 35.2 Å². The number of aromatic nitrogens is 1. The molecule has 2 heterocycles. The molecule has 1 aromatic heterocycles. The predicted molar refractivity (Wildman–Crippen MR) is 99.9 cm³/mol. The fraction of sp³-hybridized carbons (Fsp3) is 0.632. The molecule has 2 rings (SSSR count). The van der Waals surface area contributed by atoms with E-state index in [0.29, 0.717) is 44.3 Å². The van der Waals surface area contributed by atoms with Gasteiger partial charge in [-0.25, -0.2) is 9.78 Å². The normalized spacial score (nSPS) is 17.6. The van der Waals surface area contributed by atoms with Crippen LogP contribution in [0.5, 0.6) is 5.88 Å². The highest BCUT2D eigenvalue weighted by molar-refractivity contribution is 5.94. The first-order valence-electron chi connectivity index (χ1n) is 9.08. The first-order valence-corrected chi connectivity index (χ1v) is 9.08. The molecule has 0 aliphatic carbocycles. The summed E-state index contributed by atoms with van der Waals surface area (Å²) < 4.78 is 15.8. The minimum absolute atomic E-state index is 0.106. The number of rotatable bonds is 5. The Kier molecular flexibility index (Phi) is 7.01. The molecular formula is C19H29N3O5. The van der Waals surface area contributed by atoms with E-state index in [-0.39, 0.29) is 18.0 Å². The summed E-state index contributed by atoms with van der Waals surface area (Å²) in [7, 11) is 1.59. The lowest BCUT2D eigenvalue weighted by atomic mass is 10.1. The van der Waals surface area contributed by atoms with Gasteiger partial charge in [0.25, 0.3) is 5.91 Å². The number of hydrogen-bond donors (Lipinski definition) is 0. The van der Waals surface area contributed by atoms with Crippen LogP contribution in [0.2, 0.25) is 0 Å². The van der Waals surface area contributed by atoms with Gasteiger partial charge >= 0.3 is 6.09 Å². The van der Waals surface area contributed by atoms with Crippen LogP contribution in [0.25, 0.3) is 0 Å². The van der Waals surface area contributed by atoms with E-state index in [2.05, 4.69) is 4.98 Å². The molecule has 1 saturated heterocycles. The summed E-state index contributed by atoms with van der Waals surface area (Å²) in [6.07, 6.45) is 1.20. The van der Waals surface area contributed by atoms with Gasteiger partial charge in [0.2, 0.25) is 5.88 Å². The van der Waals surface area contributed by atoms with Crippen LogP contribution in [0.15, 0.2) is 18.3 Å². The van der Waals surface area contributed by atoms with Crippen LogP contribution in [-0.2, 0) is 9.47 Å². The fourth-order valence-corrected chi connectivity index (χ4v) is 2.77. The third-order valence-corrected chi connectivity index (χ3v) is 4.06. The van der Waals surface area contributed by atoms with E-state index in [1.165, 1.54) is 0 Å². The molecule has 27 heavy (non-hydrogen) atoms. The molecule has 1 unspecified atom stereocenters. The average molecular weight is 379 g/mol. The second-order valence-electron chi connectivity index (χ2n) is 7.50. The van der Waals surface area contributed by atoms with Crippen LogP contribution in [0.3, 0.4) is 0 Å². The smallest absolute Gasteiger partial charge is 0.410 e. The standard InChI is InChI=1S/C19H29N3O5/c1-14-13-21(18(24)27-19(2,3)4)8-9-22(14)17(23)15-6-7-20-16(12-15)26-11-10-25-5/h6-7,12,14H,8-11,13H2,1-5H3. The molecule has 0 bridgehead atoms. The second kappa shape index (κ2) is 9.03. The highest BCUT2D eigenvalue weighted by Gasteiger charge is 2.32. The SMILES string of the molecule is COCCOc1cc(C(=O)N2CCN(C(=O)OC(C)(C)C)CC2C)ccn1. The Morgan fingerprint density at radius 3 is 2.63 bits per heavy atom. The zero-order valence-electron chi connectivity index (χ0n) is 16.7. The quantitative estimate of drug-likeness (QED) is 0.730. The van der Waals surface area contributed by atoms with Crippen molar-refractivity contribution in [1.29, 1.82) is 0 Å². The van der Waals surface area contributed by atoms with Gasteiger partial charge in [0.1, 0.15) is 12.2 Å². The van der Waals surface area contributed by atoms with E-state index in [1.807, 2.05) is 27.7 Å². The van der Waals surface area contributed by atoms with Crippen LogP contribution >= 0.6 is 0 Å². The summed E-state index contributed by atoms with van der Waals surface area (Å²) >= 11 is 0. The Labute approximate surface area is 160 Å². The lowest BCUT2D eigenvalue weighted by Gasteiger charge is -2.40. The lowest BCUT2D eigenvalue weighted by molar-refractivity contribution is 0.00616. The Hall–Kier alpha value is -2.35. The second-order valence-corrected chi connectivity index (χ2v) is 7.50. The van der Waals surface area contributed by atoms with E-state index < -0.39 is 5.60 Å². The molecule has 1 atom stereocenters. The van der Waals surface area contributed by atoms with Crippen LogP contribution in [0.4, 0.5) is 4.79 Å². The largest absolute Gasteiger partial charge is 0.475 e. The van der Waals surface area contributed by atoms with Crippen molar-refractivity contribution in [2.24, 2.45) is 0 Å². The highest BCUT2D eigenvalue weighted by Crippen LogP contribution is 2.18. The molecule has 0 spiro atoms. The minimum atomic E-state index is -0.538. The average Bonchev–Trinajstić information content (AvgIpc) is 2.60. The number of ether oxygens (including phenoxy) is 3. The molecule has 150 valence electrons. The number of amides is 2. The van der Waals surface area contributed by atoms with Gasteiger partial charge in [-0.3, -0.25) is 4.79 Å². The van der Waals surface area contributed by atoms with Gasteiger partial charge in [0.05, 0.1) is 6.61 Å². The van der Waals surface area contributed by atoms with E-state index >= 15 is 0 Å². The first kappa shape index (κ1) is 21.0. The summed E-state index contributed by atoms with van der Waals surface area (Å²) in [4.78, 5) is 32.6. The van der Waals surface area contributed by atoms with Gasteiger partial charge in [-0.15, -0.1) is 0 Å². The van der Waals surface area contributed by atoms with Gasteiger partial charge in [0.15, 0.2) is 0 Å². The van der Waals surface area contributed by atoms with Gasteiger partial charge in [-0.1, -0.05) is 0 Å². The molecule has 0 N–H and O–H groups in total. The Morgan fingerprint density at radius 2 is 2.00 bits per heavy atom. The molecule has 0 radical (unpaired) electrons. The fourth-order valence-electron chi connectivity index (χ4n) is 2.77. The summed E-state index contributed by atoms with van der Waals surface area (Å²) in [5.41, 5.74) is -0.0289. The van der Waals surface area contributed by atoms with Crippen molar-refractivity contribution < 1.29 is 23.8 Å². The monoisotopic (exact) mass is 379 g/mol. The Bertz CT molecular complexity index is 659. The number of nitrogens with zero attached hydrogens (tertiary/aromatic N) is 3. The number of carbonyl (C=O) groups excluding carboxylic acids is 2. The maximum absolute atomic E-state index is 12.9. The molecule has 1 aromatic rings. The van der Waals surface area contributed by atoms with Crippen LogP contribution in [0, 0.1) is 0 Å². The highest BCUT2D eigenvalue weighted by atomic mass is 16.6. The number of pyridine rings is 1. The van der Waals surface area contributed by atoms with Crippen LogP contribution < -0.4 is 4.74 Å². The van der Waals surface area contributed by atoms with Crippen LogP contribution in [0.1, 0.15) is 38.1 Å². The molecule has 1 aliphatic heterocycles. The molecule has 2 amide bonds. The molecule has 1 fully saturated rings. The molecule has 8 heteroatoms. The third kappa shape index (κ3) is 6.09. The molecule has 1 aliphatic rings. The van der Waals surface area contributed by atoms with Gasteiger partial charge < -0.3 is 24.0 Å².